The zero-order chi connectivity index (χ0) is 15.4. The predicted octanol–water partition coefficient (Wildman–Crippen LogP) is 4.26. The van der Waals surface area contributed by atoms with Crippen LogP contribution in [0.5, 0.6) is 11.5 Å². The predicted molar refractivity (Wildman–Crippen MR) is 86.1 cm³/mol. The minimum atomic E-state index is -0.0478. The highest BCUT2D eigenvalue weighted by atomic mass is 35.5. The van der Waals surface area contributed by atoms with Gasteiger partial charge in [-0.2, -0.15) is 0 Å². The number of benzene rings is 2. The summed E-state index contributed by atoms with van der Waals surface area (Å²) in [7, 11) is 1.65. The van der Waals surface area contributed by atoms with Crippen LogP contribution in [0.25, 0.3) is 0 Å². The molecule has 4 heteroatoms. The SMILES string of the molecule is COc1ccc(C)cc1COc1ccc([C@H](C)N)cc1Cl. The van der Waals surface area contributed by atoms with Crippen molar-refractivity contribution in [1.82, 2.24) is 0 Å². The summed E-state index contributed by atoms with van der Waals surface area (Å²) in [5, 5.41) is 0.566. The van der Waals surface area contributed by atoms with Crippen LogP contribution in [-0.2, 0) is 6.61 Å². The molecular formula is C17H20ClNO2. The Morgan fingerprint density at radius 3 is 2.48 bits per heavy atom. The van der Waals surface area contributed by atoms with Crippen molar-refractivity contribution in [2.75, 3.05) is 7.11 Å². The van der Waals surface area contributed by atoms with Crippen LogP contribution >= 0.6 is 11.6 Å². The average Bonchev–Trinajstić information content (AvgIpc) is 2.46. The number of methoxy groups -OCH3 is 1. The summed E-state index contributed by atoms with van der Waals surface area (Å²) in [6, 6.07) is 11.6. The second kappa shape index (κ2) is 6.83. The van der Waals surface area contributed by atoms with Crippen molar-refractivity contribution in [2.24, 2.45) is 5.73 Å². The Labute approximate surface area is 130 Å². The van der Waals surface area contributed by atoms with E-state index in [0.29, 0.717) is 17.4 Å². The summed E-state index contributed by atoms with van der Waals surface area (Å²) in [6.45, 7) is 4.36. The number of hydrogen-bond acceptors (Lipinski definition) is 3. The minimum absolute atomic E-state index is 0.0478. The lowest BCUT2D eigenvalue weighted by atomic mass is 10.1. The molecule has 0 bridgehead atoms. The van der Waals surface area contributed by atoms with Crippen molar-refractivity contribution in [3.63, 3.8) is 0 Å². The maximum absolute atomic E-state index is 6.23. The molecule has 2 aromatic carbocycles. The van der Waals surface area contributed by atoms with E-state index in [1.165, 1.54) is 0 Å². The summed E-state index contributed by atoms with van der Waals surface area (Å²) in [6.07, 6.45) is 0. The summed E-state index contributed by atoms with van der Waals surface area (Å²) in [5.41, 5.74) is 8.97. The fraction of sp³-hybridized carbons (Fsp3) is 0.294. The zero-order valence-corrected chi connectivity index (χ0v) is 13.3. The van der Waals surface area contributed by atoms with Gasteiger partial charge in [-0.1, -0.05) is 29.3 Å². The van der Waals surface area contributed by atoms with E-state index in [9.17, 15) is 0 Å². The molecule has 0 unspecified atom stereocenters. The maximum atomic E-state index is 6.23. The first-order valence-corrected chi connectivity index (χ1v) is 7.20. The Bertz CT molecular complexity index is 626. The highest BCUT2D eigenvalue weighted by Gasteiger charge is 2.08. The van der Waals surface area contributed by atoms with Crippen LogP contribution < -0.4 is 15.2 Å². The van der Waals surface area contributed by atoms with Crippen LogP contribution in [0.1, 0.15) is 29.7 Å². The Morgan fingerprint density at radius 1 is 1.14 bits per heavy atom. The number of halogens is 1. The van der Waals surface area contributed by atoms with Gasteiger partial charge in [0.25, 0.3) is 0 Å². The molecular weight excluding hydrogens is 286 g/mol. The molecule has 112 valence electrons. The van der Waals surface area contributed by atoms with Crippen molar-refractivity contribution >= 4 is 11.6 Å². The van der Waals surface area contributed by atoms with Gasteiger partial charge in [0.1, 0.15) is 18.1 Å². The lowest BCUT2D eigenvalue weighted by molar-refractivity contribution is 0.296. The summed E-state index contributed by atoms with van der Waals surface area (Å²) in [4.78, 5) is 0. The van der Waals surface area contributed by atoms with Gasteiger partial charge in [0, 0.05) is 11.6 Å². The maximum Gasteiger partial charge on any atom is 0.138 e. The molecule has 21 heavy (non-hydrogen) atoms. The van der Waals surface area contributed by atoms with E-state index in [-0.39, 0.29) is 6.04 Å². The van der Waals surface area contributed by atoms with Gasteiger partial charge in [-0.25, -0.2) is 0 Å². The first-order valence-electron chi connectivity index (χ1n) is 6.82. The smallest absolute Gasteiger partial charge is 0.138 e. The first kappa shape index (κ1) is 15.7. The Balaban J connectivity index is 2.15. The molecule has 0 aromatic heterocycles. The van der Waals surface area contributed by atoms with Gasteiger partial charge >= 0.3 is 0 Å². The second-order valence-electron chi connectivity index (χ2n) is 5.08. The van der Waals surface area contributed by atoms with Crippen molar-refractivity contribution in [1.29, 1.82) is 0 Å². The van der Waals surface area contributed by atoms with Gasteiger partial charge in [0.15, 0.2) is 0 Å². The summed E-state index contributed by atoms with van der Waals surface area (Å²) < 4.78 is 11.1. The van der Waals surface area contributed by atoms with E-state index < -0.39 is 0 Å². The third-order valence-corrected chi connectivity index (χ3v) is 3.60. The van der Waals surface area contributed by atoms with Crippen molar-refractivity contribution < 1.29 is 9.47 Å². The largest absolute Gasteiger partial charge is 0.496 e. The highest BCUT2D eigenvalue weighted by molar-refractivity contribution is 6.32. The van der Waals surface area contributed by atoms with Crippen molar-refractivity contribution in [2.45, 2.75) is 26.5 Å². The third kappa shape index (κ3) is 3.90. The molecule has 0 aliphatic rings. The average molecular weight is 306 g/mol. The monoisotopic (exact) mass is 305 g/mol. The minimum Gasteiger partial charge on any atom is -0.496 e. The van der Waals surface area contributed by atoms with Crippen LogP contribution in [0, 0.1) is 6.92 Å². The number of rotatable bonds is 5. The second-order valence-corrected chi connectivity index (χ2v) is 5.49. The Morgan fingerprint density at radius 2 is 1.86 bits per heavy atom. The number of aryl methyl sites for hydroxylation is 1. The fourth-order valence-corrected chi connectivity index (χ4v) is 2.34. The lowest BCUT2D eigenvalue weighted by Gasteiger charge is -2.13. The molecule has 0 saturated carbocycles. The molecule has 0 spiro atoms. The summed E-state index contributed by atoms with van der Waals surface area (Å²) >= 11 is 6.23. The molecule has 3 nitrogen and oxygen atoms in total. The van der Waals surface area contributed by atoms with Crippen LogP contribution in [0.2, 0.25) is 5.02 Å². The van der Waals surface area contributed by atoms with E-state index >= 15 is 0 Å². The molecule has 0 heterocycles. The molecule has 1 atom stereocenters. The van der Waals surface area contributed by atoms with Crippen molar-refractivity contribution in [3.8, 4) is 11.5 Å². The number of nitrogens with two attached hydrogens (primary N) is 1. The first-order chi connectivity index (χ1) is 10.0. The van der Waals surface area contributed by atoms with E-state index in [1.807, 2.05) is 50.2 Å². The van der Waals surface area contributed by atoms with Gasteiger partial charge < -0.3 is 15.2 Å². The molecule has 2 N–H and O–H groups in total. The fourth-order valence-electron chi connectivity index (χ4n) is 2.09. The summed E-state index contributed by atoms with van der Waals surface area (Å²) in [5.74, 6) is 1.45. The Kier molecular flexibility index (Phi) is 5.10. The topological polar surface area (TPSA) is 44.5 Å². The quantitative estimate of drug-likeness (QED) is 0.898. The van der Waals surface area contributed by atoms with Crippen molar-refractivity contribution in [3.05, 3.63) is 58.1 Å². The van der Waals surface area contributed by atoms with Gasteiger partial charge in [0.2, 0.25) is 0 Å². The van der Waals surface area contributed by atoms with E-state index in [1.54, 1.807) is 7.11 Å². The molecule has 2 rings (SSSR count). The molecule has 0 saturated heterocycles. The zero-order valence-electron chi connectivity index (χ0n) is 12.5. The van der Waals surface area contributed by atoms with Crippen LogP contribution in [0.15, 0.2) is 36.4 Å². The molecule has 0 amide bonds. The molecule has 0 radical (unpaired) electrons. The molecule has 0 aliphatic heterocycles. The van der Waals surface area contributed by atoms with Gasteiger partial charge in [-0.3, -0.25) is 0 Å². The molecule has 0 fully saturated rings. The standard InChI is InChI=1S/C17H20ClNO2/c1-11-4-6-16(20-3)14(8-11)10-21-17-7-5-13(12(2)19)9-15(17)18/h4-9,12H,10,19H2,1-3H3/t12-/m0/s1. The highest BCUT2D eigenvalue weighted by Crippen LogP contribution is 2.29. The van der Waals surface area contributed by atoms with E-state index in [0.717, 1.165) is 22.4 Å². The Hall–Kier alpha value is -1.71. The molecule has 2 aromatic rings. The van der Waals surface area contributed by atoms with Crippen LogP contribution in [0.4, 0.5) is 0 Å². The van der Waals surface area contributed by atoms with E-state index in [2.05, 4.69) is 0 Å². The molecule has 0 aliphatic carbocycles. The third-order valence-electron chi connectivity index (χ3n) is 3.30. The lowest BCUT2D eigenvalue weighted by Crippen LogP contribution is -2.05. The van der Waals surface area contributed by atoms with Crippen LogP contribution in [-0.4, -0.2) is 7.11 Å². The number of ether oxygens (including phenoxy) is 2. The van der Waals surface area contributed by atoms with Crippen LogP contribution in [0.3, 0.4) is 0 Å². The normalized spacial score (nSPS) is 12.0. The van der Waals surface area contributed by atoms with Gasteiger partial charge in [-0.15, -0.1) is 0 Å². The van der Waals surface area contributed by atoms with Gasteiger partial charge in [0.05, 0.1) is 12.1 Å². The van der Waals surface area contributed by atoms with Gasteiger partial charge in [-0.05, 0) is 43.7 Å². The van der Waals surface area contributed by atoms with E-state index in [4.69, 9.17) is 26.8 Å². The number of hydrogen-bond donors (Lipinski definition) is 1.